The number of para-hydroxylation sites is 1. The molecule has 1 amide bonds. The van der Waals surface area contributed by atoms with Gasteiger partial charge in [0.05, 0.1) is 5.56 Å². The summed E-state index contributed by atoms with van der Waals surface area (Å²) < 4.78 is 0. The van der Waals surface area contributed by atoms with Crippen molar-refractivity contribution >= 4 is 23.2 Å². The Bertz CT molecular complexity index is 473. The predicted molar refractivity (Wildman–Crippen MR) is 93.1 cm³/mol. The Balaban J connectivity index is 1.99. The number of benzene rings is 1. The third-order valence-corrected chi connectivity index (χ3v) is 4.27. The highest BCUT2D eigenvalue weighted by molar-refractivity contribution is 6.17. The van der Waals surface area contributed by atoms with E-state index in [4.69, 9.17) is 11.6 Å². The van der Waals surface area contributed by atoms with Crippen LogP contribution in [0.3, 0.4) is 0 Å². The van der Waals surface area contributed by atoms with Crippen LogP contribution >= 0.6 is 11.6 Å². The molecule has 1 aromatic carbocycles. The van der Waals surface area contributed by atoms with Gasteiger partial charge in [0.1, 0.15) is 0 Å². The highest BCUT2D eigenvalue weighted by Crippen LogP contribution is 2.22. The lowest BCUT2D eigenvalue weighted by atomic mass is 10.1. The maximum absolute atomic E-state index is 12.3. The molecule has 0 bridgehead atoms. The van der Waals surface area contributed by atoms with Gasteiger partial charge in [-0.25, -0.2) is 0 Å². The van der Waals surface area contributed by atoms with Crippen molar-refractivity contribution in [2.45, 2.75) is 19.8 Å². The molecular formula is C17H26ClN3O. The van der Waals surface area contributed by atoms with E-state index in [1.807, 2.05) is 18.2 Å². The summed E-state index contributed by atoms with van der Waals surface area (Å²) in [6, 6.07) is 7.91. The van der Waals surface area contributed by atoms with Gasteiger partial charge in [-0.15, -0.1) is 11.6 Å². The van der Waals surface area contributed by atoms with Crippen LogP contribution in [0, 0.1) is 0 Å². The molecule has 0 atom stereocenters. The Morgan fingerprint density at radius 2 is 1.95 bits per heavy atom. The van der Waals surface area contributed by atoms with Crippen molar-refractivity contribution in [1.29, 1.82) is 0 Å². The van der Waals surface area contributed by atoms with Crippen LogP contribution in [0.5, 0.6) is 0 Å². The highest BCUT2D eigenvalue weighted by Gasteiger charge is 2.20. The molecule has 5 heteroatoms. The Labute approximate surface area is 138 Å². The predicted octanol–water partition coefficient (Wildman–Crippen LogP) is 2.58. The van der Waals surface area contributed by atoms with Gasteiger partial charge in [-0.3, -0.25) is 9.69 Å². The van der Waals surface area contributed by atoms with E-state index in [2.05, 4.69) is 28.1 Å². The lowest BCUT2D eigenvalue weighted by Gasteiger charge is -2.36. The fourth-order valence-electron chi connectivity index (χ4n) is 2.77. The summed E-state index contributed by atoms with van der Waals surface area (Å²) in [7, 11) is 0. The van der Waals surface area contributed by atoms with Crippen molar-refractivity contribution in [3.05, 3.63) is 29.8 Å². The molecule has 0 spiro atoms. The minimum absolute atomic E-state index is 0.0296. The third kappa shape index (κ3) is 4.62. The molecule has 1 fully saturated rings. The number of carbonyl (C=O) groups excluding carboxylic acids is 1. The number of amides is 1. The molecule has 0 aliphatic carbocycles. The number of hydrogen-bond donors (Lipinski definition) is 1. The topological polar surface area (TPSA) is 35.6 Å². The van der Waals surface area contributed by atoms with Crippen LogP contribution in [-0.2, 0) is 0 Å². The van der Waals surface area contributed by atoms with E-state index in [1.54, 1.807) is 0 Å². The van der Waals surface area contributed by atoms with Crippen LogP contribution in [0.15, 0.2) is 24.3 Å². The summed E-state index contributed by atoms with van der Waals surface area (Å²) in [6.07, 6.45) is 1.99. The molecule has 4 nitrogen and oxygen atoms in total. The lowest BCUT2D eigenvalue weighted by Crippen LogP contribution is -2.47. The monoisotopic (exact) mass is 323 g/mol. The number of nitrogens with one attached hydrogen (secondary N) is 1. The average molecular weight is 324 g/mol. The van der Waals surface area contributed by atoms with Crippen molar-refractivity contribution in [2.75, 3.05) is 50.0 Å². The van der Waals surface area contributed by atoms with E-state index >= 15 is 0 Å². The van der Waals surface area contributed by atoms with E-state index in [9.17, 15) is 4.79 Å². The molecule has 1 saturated heterocycles. The molecule has 1 aliphatic rings. The molecular weight excluding hydrogens is 298 g/mol. The van der Waals surface area contributed by atoms with Crippen molar-refractivity contribution in [1.82, 2.24) is 10.2 Å². The second-order valence-electron chi connectivity index (χ2n) is 5.64. The van der Waals surface area contributed by atoms with E-state index in [0.717, 1.165) is 69.2 Å². The maximum Gasteiger partial charge on any atom is 0.253 e. The molecule has 1 heterocycles. The van der Waals surface area contributed by atoms with Gasteiger partial charge in [0.15, 0.2) is 0 Å². The first-order valence-electron chi connectivity index (χ1n) is 8.16. The molecule has 1 aliphatic heterocycles. The summed E-state index contributed by atoms with van der Waals surface area (Å²) >= 11 is 5.76. The third-order valence-electron chi connectivity index (χ3n) is 4.01. The number of nitrogens with zero attached hydrogens (tertiary/aromatic N) is 2. The molecule has 0 radical (unpaired) electrons. The molecule has 0 aromatic heterocycles. The number of halogens is 1. The number of carbonyl (C=O) groups is 1. The SMILES string of the molecule is CCCNC(=O)c1ccccc1N1CCN(CCCCl)CC1. The molecule has 1 aromatic rings. The number of piperazine rings is 1. The quantitative estimate of drug-likeness (QED) is 0.783. The number of hydrogen-bond acceptors (Lipinski definition) is 3. The van der Waals surface area contributed by atoms with Gasteiger partial charge < -0.3 is 10.2 Å². The summed E-state index contributed by atoms with van der Waals surface area (Å²) in [4.78, 5) is 17.1. The summed E-state index contributed by atoms with van der Waals surface area (Å²) in [5.74, 6) is 0.753. The molecule has 22 heavy (non-hydrogen) atoms. The standard InChI is InChI=1S/C17H26ClN3O/c1-2-9-19-17(22)15-6-3-4-7-16(15)21-13-11-20(12-14-21)10-5-8-18/h3-4,6-7H,2,5,8-14H2,1H3,(H,19,22). The molecule has 1 N–H and O–H groups in total. The van der Waals surface area contributed by atoms with Crippen molar-refractivity contribution in [3.63, 3.8) is 0 Å². The Morgan fingerprint density at radius 3 is 2.64 bits per heavy atom. The maximum atomic E-state index is 12.3. The minimum atomic E-state index is 0.0296. The van der Waals surface area contributed by atoms with E-state index < -0.39 is 0 Å². The second-order valence-corrected chi connectivity index (χ2v) is 6.02. The van der Waals surface area contributed by atoms with Crippen LogP contribution in [0.2, 0.25) is 0 Å². The molecule has 0 saturated carbocycles. The molecule has 122 valence electrons. The largest absolute Gasteiger partial charge is 0.368 e. The first kappa shape index (κ1) is 17.1. The first-order valence-corrected chi connectivity index (χ1v) is 8.70. The van der Waals surface area contributed by atoms with E-state index in [0.29, 0.717) is 0 Å². The average Bonchev–Trinajstić information content (AvgIpc) is 2.58. The van der Waals surface area contributed by atoms with Gasteiger partial charge in [0.25, 0.3) is 5.91 Å². The zero-order valence-corrected chi connectivity index (χ0v) is 14.1. The lowest BCUT2D eigenvalue weighted by molar-refractivity contribution is 0.0954. The normalized spacial score (nSPS) is 15.8. The van der Waals surface area contributed by atoms with Gasteiger partial charge in [-0.2, -0.15) is 0 Å². The van der Waals surface area contributed by atoms with Crippen LogP contribution < -0.4 is 10.2 Å². The second kappa shape index (κ2) is 9.01. The van der Waals surface area contributed by atoms with Crippen molar-refractivity contribution < 1.29 is 4.79 Å². The van der Waals surface area contributed by atoms with E-state index in [1.165, 1.54) is 0 Å². The van der Waals surface area contributed by atoms with Gasteiger partial charge >= 0.3 is 0 Å². The fourth-order valence-corrected chi connectivity index (χ4v) is 2.89. The van der Waals surface area contributed by atoms with Crippen LogP contribution in [0.4, 0.5) is 5.69 Å². The molecule has 2 rings (SSSR count). The van der Waals surface area contributed by atoms with Gasteiger partial charge in [0, 0.05) is 44.3 Å². The smallest absolute Gasteiger partial charge is 0.253 e. The van der Waals surface area contributed by atoms with Crippen LogP contribution in [0.1, 0.15) is 30.1 Å². The minimum Gasteiger partial charge on any atom is -0.368 e. The summed E-state index contributed by atoms with van der Waals surface area (Å²) in [5.41, 5.74) is 1.83. The van der Waals surface area contributed by atoms with Gasteiger partial charge in [-0.05, 0) is 31.5 Å². The van der Waals surface area contributed by atoms with Crippen molar-refractivity contribution in [2.24, 2.45) is 0 Å². The number of alkyl halides is 1. The Morgan fingerprint density at radius 1 is 1.23 bits per heavy atom. The summed E-state index contributed by atoms with van der Waals surface area (Å²) in [5, 5.41) is 2.97. The van der Waals surface area contributed by atoms with E-state index in [-0.39, 0.29) is 5.91 Å². The van der Waals surface area contributed by atoms with Crippen molar-refractivity contribution in [3.8, 4) is 0 Å². The number of rotatable bonds is 7. The fraction of sp³-hybridized carbons (Fsp3) is 0.588. The Kier molecular flexibility index (Phi) is 7.00. The highest BCUT2D eigenvalue weighted by atomic mass is 35.5. The summed E-state index contributed by atoms with van der Waals surface area (Å²) in [6.45, 7) is 7.83. The first-order chi connectivity index (χ1) is 10.8. The Hall–Kier alpha value is -1.26. The van der Waals surface area contributed by atoms with Gasteiger partial charge in [0.2, 0.25) is 0 Å². The van der Waals surface area contributed by atoms with Crippen LogP contribution in [-0.4, -0.2) is 56.0 Å². The number of anilines is 1. The zero-order chi connectivity index (χ0) is 15.8. The van der Waals surface area contributed by atoms with Crippen LogP contribution in [0.25, 0.3) is 0 Å². The van der Waals surface area contributed by atoms with Gasteiger partial charge in [-0.1, -0.05) is 19.1 Å². The molecule has 0 unspecified atom stereocenters. The zero-order valence-electron chi connectivity index (χ0n) is 13.4.